The SMILES string of the molecule is CCc1ccc(Nc2ccc(C(=O)N(C)CCc3ccncc3)nn2)cc1. The van der Waals surface area contributed by atoms with Crippen molar-refractivity contribution in [2.24, 2.45) is 0 Å². The molecule has 3 rings (SSSR count). The molecule has 0 saturated heterocycles. The van der Waals surface area contributed by atoms with Crippen LogP contribution in [-0.4, -0.2) is 39.6 Å². The molecule has 0 fully saturated rings. The molecule has 0 atom stereocenters. The zero-order valence-corrected chi connectivity index (χ0v) is 15.6. The Kier molecular flexibility index (Phi) is 6.10. The number of benzene rings is 1. The van der Waals surface area contributed by atoms with Crippen LogP contribution in [0.2, 0.25) is 0 Å². The highest BCUT2D eigenvalue weighted by Crippen LogP contribution is 2.15. The van der Waals surface area contributed by atoms with Gasteiger partial charge in [0, 0.05) is 31.7 Å². The Balaban J connectivity index is 1.57. The molecule has 3 aromatic rings. The molecule has 6 nitrogen and oxygen atoms in total. The van der Waals surface area contributed by atoms with Gasteiger partial charge in [-0.2, -0.15) is 0 Å². The van der Waals surface area contributed by atoms with Crippen molar-refractivity contribution in [2.75, 3.05) is 18.9 Å². The van der Waals surface area contributed by atoms with E-state index >= 15 is 0 Å². The molecule has 0 saturated carbocycles. The number of aryl methyl sites for hydroxylation is 1. The van der Waals surface area contributed by atoms with Gasteiger partial charge in [-0.15, -0.1) is 10.2 Å². The van der Waals surface area contributed by atoms with E-state index in [1.54, 1.807) is 36.5 Å². The zero-order chi connectivity index (χ0) is 19.1. The summed E-state index contributed by atoms with van der Waals surface area (Å²) in [5.41, 5.74) is 3.70. The highest BCUT2D eigenvalue weighted by atomic mass is 16.2. The second-order valence-corrected chi connectivity index (χ2v) is 6.31. The van der Waals surface area contributed by atoms with Gasteiger partial charge in [-0.25, -0.2) is 0 Å². The van der Waals surface area contributed by atoms with E-state index in [1.807, 2.05) is 24.3 Å². The Hall–Kier alpha value is -3.28. The van der Waals surface area contributed by atoms with E-state index in [2.05, 4.69) is 39.6 Å². The molecule has 2 aromatic heterocycles. The topological polar surface area (TPSA) is 71.0 Å². The van der Waals surface area contributed by atoms with Gasteiger partial charge in [-0.1, -0.05) is 19.1 Å². The molecule has 0 aliphatic rings. The molecule has 0 aliphatic carbocycles. The van der Waals surface area contributed by atoms with Crippen molar-refractivity contribution in [1.82, 2.24) is 20.1 Å². The lowest BCUT2D eigenvalue weighted by atomic mass is 10.1. The highest BCUT2D eigenvalue weighted by Gasteiger charge is 2.13. The number of pyridine rings is 1. The average Bonchev–Trinajstić information content (AvgIpc) is 2.73. The third kappa shape index (κ3) is 5.10. The van der Waals surface area contributed by atoms with Crippen LogP contribution in [0.3, 0.4) is 0 Å². The molecule has 6 heteroatoms. The van der Waals surface area contributed by atoms with Crippen molar-refractivity contribution in [3.05, 3.63) is 77.7 Å². The number of likely N-dealkylation sites (N-methyl/N-ethyl adjacent to an activating group) is 1. The maximum atomic E-state index is 12.5. The molecule has 27 heavy (non-hydrogen) atoms. The molecule has 1 N–H and O–H groups in total. The van der Waals surface area contributed by atoms with E-state index in [1.165, 1.54) is 5.56 Å². The number of nitrogens with one attached hydrogen (secondary N) is 1. The minimum atomic E-state index is -0.143. The molecule has 1 amide bonds. The lowest BCUT2D eigenvalue weighted by Gasteiger charge is -2.16. The number of rotatable bonds is 7. The van der Waals surface area contributed by atoms with Crippen LogP contribution in [0.5, 0.6) is 0 Å². The maximum Gasteiger partial charge on any atom is 0.274 e. The Bertz CT molecular complexity index is 863. The van der Waals surface area contributed by atoms with Gasteiger partial charge in [0.15, 0.2) is 11.5 Å². The van der Waals surface area contributed by atoms with E-state index in [4.69, 9.17) is 0 Å². The number of carbonyl (C=O) groups is 1. The lowest BCUT2D eigenvalue weighted by Crippen LogP contribution is -2.29. The molecule has 0 spiro atoms. The van der Waals surface area contributed by atoms with Gasteiger partial charge >= 0.3 is 0 Å². The molecule has 2 heterocycles. The van der Waals surface area contributed by atoms with Gasteiger partial charge in [0.2, 0.25) is 0 Å². The van der Waals surface area contributed by atoms with Crippen LogP contribution < -0.4 is 5.32 Å². The van der Waals surface area contributed by atoms with Gasteiger partial charge in [-0.05, 0) is 60.4 Å². The first-order valence-corrected chi connectivity index (χ1v) is 9.00. The van der Waals surface area contributed by atoms with Crippen molar-refractivity contribution < 1.29 is 4.79 Å². The number of amides is 1. The quantitative estimate of drug-likeness (QED) is 0.697. The van der Waals surface area contributed by atoms with Gasteiger partial charge in [0.1, 0.15) is 0 Å². The molecular formula is C21H23N5O. The summed E-state index contributed by atoms with van der Waals surface area (Å²) >= 11 is 0. The van der Waals surface area contributed by atoms with Crippen LogP contribution in [0, 0.1) is 0 Å². The predicted molar refractivity (Wildman–Crippen MR) is 106 cm³/mol. The fourth-order valence-corrected chi connectivity index (χ4v) is 2.63. The highest BCUT2D eigenvalue weighted by molar-refractivity contribution is 5.92. The fourth-order valence-electron chi connectivity index (χ4n) is 2.63. The average molecular weight is 361 g/mol. The van der Waals surface area contributed by atoms with Crippen LogP contribution >= 0.6 is 0 Å². The predicted octanol–water partition coefficient (Wildman–Crippen LogP) is 3.49. The summed E-state index contributed by atoms with van der Waals surface area (Å²) in [5.74, 6) is 0.464. The van der Waals surface area contributed by atoms with Crippen molar-refractivity contribution in [3.8, 4) is 0 Å². The van der Waals surface area contributed by atoms with E-state index in [9.17, 15) is 4.79 Å². The molecule has 0 radical (unpaired) electrons. The summed E-state index contributed by atoms with van der Waals surface area (Å²) in [6.45, 7) is 2.73. The summed E-state index contributed by atoms with van der Waals surface area (Å²) in [5, 5.41) is 11.4. The summed E-state index contributed by atoms with van der Waals surface area (Å²) in [7, 11) is 1.77. The second-order valence-electron chi connectivity index (χ2n) is 6.31. The number of hydrogen-bond donors (Lipinski definition) is 1. The molecule has 138 valence electrons. The summed E-state index contributed by atoms with van der Waals surface area (Å²) < 4.78 is 0. The van der Waals surface area contributed by atoms with Crippen molar-refractivity contribution in [2.45, 2.75) is 19.8 Å². The number of anilines is 2. The smallest absolute Gasteiger partial charge is 0.274 e. The molecule has 0 unspecified atom stereocenters. The number of aromatic nitrogens is 3. The zero-order valence-electron chi connectivity index (χ0n) is 15.6. The minimum Gasteiger partial charge on any atom is -0.340 e. The summed E-state index contributed by atoms with van der Waals surface area (Å²) in [4.78, 5) is 18.1. The van der Waals surface area contributed by atoms with Crippen molar-refractivity contribution >= 4 is 17.4 Å². The van der Waals surface area contributed by atoms with E-state index in [0.717, 1.165) is 24.1 Å². The Labute approximate surface area is 159 Å². The molecule has 0 bridgehead atoms. The Morgan fingerprint density at radius 3 is 2.33 bits per heavy atom. The Morgan fingerprint density at radius 1 is 0.963 bits per heavy atom. The van der Waals surface area contributed by atoms with E-state index in [-0.39, 0.29) is 5.91 Å². The van der Waals surface area contributed by atoms with Gasteiger partial charge in [0.05, 0.1) is 0 Å². The van der Waals surface area contributed by atoms with Gasteiger partial charge in [0.25, 0.3) is 5.91 Å². The Morgan fingerprint density at radius 2 is 1.70 bits per heavy atom. The van der Waals surface area contributed by atoms with Gasteiger partial charge < -0.3 is 10.2 Å². The van der Waals surface area contributed by atoms with Crippen LogP contribution in [0.4, 0.5) is 11.5 Å². The van der Waals surface area contributed by atoms with E-state index in [0.29, 0.717) is 18.1 Å². The van der Waals surface area contributed by atoms with E-state index < -0.39 is 0 Å². The molecule has 0 aliphatic heterocycles. The number of nitrogens with zero attached hydrogens (tertiary/aromatic N) is 4. The third-order valence-electron chi connectivity index (χ3n) is 4.35. The third-order valence-corrected chi connectivity index (χ3v) is 4.35. The standard InChI is InChI=1S/C21H23N5O/c1-3-16-4-6-18(7-5-16)23-20-9-8-19(24-25-20)21(27)26(2)15-12-17-10-13-22-14-11-17/h4-11,13-14H,3,12,15H2,1-2H3,(H,23,25). The van der Waals surface area contributed by atoms with Crippen LogP contribution in [-0.2, 0) is 12.8 Å². The largest absolute Gasteiger partial charge is 0.340 e. The summed E-state index contributed by atoms with van der Waals surface area (Å²) in [6.07, 6.45) is 5.28. The normalized spacial score (nSPS) is 10.4. The monoisotopic (exact) mass is 361 g/mol. The number of hydrogen-bond acceptors (Lipinski definition) is 5. The molecule has 1 aromatic carbocycles. The van der Waals surface area contributed by atoms with Crippen molar-refractivity contribution in [1.29, 1.82) is 0 Å². The first kappa shape index (κ1) is 18.5. The minimum absolute atomic E-state index is 0.143. The summed E-state index contributed by atoms with van der Waals surface area (Å²) in [6, 6.07) is 15.5. The first-order chi connectivity index (χ1) is 13.2. The molecular weight excluding hydrogens is 338 g/mol. The van der Waals surface area contributed by atoms with Crippen molar-refractivity contribution in [3.63, 3.8) is 0 Å². The maximum absolute atomic E-state index is 12.5. The second kappa shape index (κ2) is 8.89. The van der Waals surface area contributed by atoms with Crippen LogP contribution in [0.1, 0.15) is 28.5 Å². The van der Waals surface area contributed by atoms with Gasteiger partial charge in [-0.3, -0.25) is 9.78 Å². The van der Waals surface area contributed by atoms with Crippen LogP contribution in [0.25, 0.3) is 0 Å². The number of carbonyl (C=O) groups excluding carboxylic acids is 1. The lowest BCUT2D eigenvalue weighted by molar-refractivity contribution is 0.0789. The fraction of sp³-hybridized carbons (Fsp3) is 0.238. The van der Waals surface area contributed by atoms with Crippen LogP contribution in [0.15, 0.2) is 60.9 Å². The first-order valence-electron chi connectivity index (χ1n) is 9.00.